The van der Waals surface area contributed by atoms with Crippen molar-refractivity contribution in [2.45, 2.75) is 19.1 Å². The number of hydrogen-bond donors (Lipinski definition) is 2. The number of amides is 2. The number of aryl methyl sites for hydroxylation is 1. The fourth-order valence-electron chi connectivity index (χ4n) is 2.08. The van der Waals surface area contributed by atoms with Crippen LogP contribution >= 0.6 is 0 Å². The minimum absolute atomic E-state index is 0.253. The Labute approximate surface area is 147 Å². The molecule has 0 radical (unpaired) electrons. The molecule has 2 amide bonds. The smallest absolute Gasteiger partial charge is 0.352 e. The van der Waals surface area contributed by atoms with Gasteiger partial charge in [0.1, 0.15) is 0 Å². The van der Waals surface area contributed by atoms with Gasteiger partial charge < -0.3 is 10.6 Å². The zero-order valence-corrected chi connectivity index (χ0v) is 13.7. The molecular weight excluding hydrogens is 349 g/mol. The molecule has 0 aliphatic rings. The number of nitrogens with one attached hydrogen (secondary N) is 2. The lowest BCUT2D eigenvalue weighted by molar-refractivity contribution is -0.141. The number of nitrogens with zero attached hydrogens (tertiary/aromatic N) is 2. The van der Waals surface area contributed by atoms with Crippen LogP contribution < -0.4 is 10.6 Å². The van der Waals surface area contributed by atoms with Gasteiger partial charge in [0.2, 0.25) is 5.91 Å². The molecule has 0 aliphatic heterocycles. The molecule has 2 rings (SSSR count). The van der Waals surface area contributed by atoms with Crippen molar-refractivity contribution in [3.63, 3.8) is 0 Å². The Morgan fingerprint density at radius 1 is 1.19 bits per heavy atom. The topological polar surface area (TPSA) is 76.0 Å². The maximum atomic E-state index is 12.4. The molecule has 138 valence electrons. The number of anilines is 1. The predicted molar refractivity (Wildman–Crippen MR) is 89.4 cm³/mol. The molecule has 0 fully saturated rings. The Hall–Kier alpha value is -3.10. The van der Waals surface area contributed by atoms with E-state index in [1.807, 2.05) is 0 Å². The van der Waals surface area contributed by atoms with Crippen molar-refractivity contribution in [1.29, 1.82) is 0 Å². The first-order chi connectivity index (χ1) is 12.3. The highest BCUT2D eigenvalue weighted by molar-refractivity contribution is 5.99. The second-order valence-corrected chi connectivity index (χ2v) is 5.34. The predicted octanol–water partition coefficient (Wildman–Crippen LogP) is 2.85. The van der Waals surface area contributed by atoms with E-state index in [1.54, 1.807) is 24.3 Å². The second kappa shape index (κ2) is 8.32. The molecular formula is C17H17F3N4O2. The van der Waals surface area contributed by atoms with Gasteiger partial charge >= 0.3 is 6.18 Å². The molecule has 1 heterocycles. The standard InChI is InChI=1S/C17H17F3N4O2/c1-2-15(25)22-13-6-4-12(5-7-13)16(26)21-9-3-10-24-11-8-14(23-24)17(18,19)20/h2,4-8,11H,1,3,9-10H2,(H,21,26)(H,22,25). The molecule has 9 heteroatoms. The van der Waals surface area contributed by atoms with Crippen LogP contribution in [0.3, 0.4) is 0 Å². The fraction of sp³-hybridized carbons (Fsp3) is 0.235. The molecule has 0 atom stereocenters. The van der Waals surface area contributed by atoms with Gasteiger partial charge in [-0.15, -0.1) is 0 Å². The Morgan fingerprint density at radius 2 is 1.88 bits per heavy atom. The van der Waals surface area contributed by atoms with E-state index in [-0.39, 0.29) is 24.9 Å². The summed E-state index contributed by atoms with van der Waals surface area (Å²) in [6, 6.07) is 7.18. The molecule has 0 aliphatic carbocycles. The summed E-state index contributed by atoms with van der Waals surface area (Å²) in [4.78, 5) is 23.2. The van der Waals surface area contributed by atoms with E-state index in [9.17, 15) is 22.8 Å². The van der Waals surface area contributed by atoms with Gasteiger partial charge in [-0.05, 0) is 42.8 Å². The number of benzene rings is 1. The van der Waals surface area contributed by atoms with Crippen LogP contribution in [0.25, 0.3) is 0 Å². The average Bonchev–Trinajstić information content (AvgIpc) is 3.08. The largest absolute Gasteiger partial charge is 0.435 e. The van der Waals surface area contributed by atoms with E-state index in [4.69, 9.17) is 0 Å². The molecule has 2 N–H and O–H groups in total. The van der Waals surface area contributed by atoms with E-state index in [2.05, 4.69) is 22.3 Å². The highest BCUT2D eigenvalue weighted by Crippen LogP contribution is 2.27. The van der Waals surface area contributed by atoms with Crippen LogP contribution in [-0.4, -0.2) is 28.1 Å². The number of aromatic nitrogens is 2. The number of hydrogen-bond acceptors (Lipinski definition) is 3. The molecule has 26 heavy (non-hydrogen) atoms. The first-order valence-corrected chi connectivity index (χ1v) is 7.72. The second-order valence-electron chi connectivity index (χ2n) is 5.34. The summed E-state index contributed by atoms with van der Waals surface area (Å²) >= 11 is 0. The Kier molecular flexibility index (Phi) is 6.16. The summed E-state index contributed by atoms with van der Waals surface area (Å²) in [5.41, 5.74) is -0.00387. The van der Waals surface area contributed by atoms with Crippen LogP contribution in [-0.2, 0) is 17.5 Å². The van der Waals surface area contributed by atoms with Gasteiger partial charge in [0.05, 0.1) is 0 Å². The SMILES string of the molecule is C=CC(=O)Nc1ccc(C(=O)NCCCn2ccc(C(F)(F)F)n2)cc1. The number of carbonyl (C=O) groups excluding carboxylic acids is 2. The Bertz CT molecular complexity index is 782. The van der Waals surface area contributed by atoms with E-state index in [0.717, 1.165) is 12.1 Å². The molecule has 0 spiro atoms. The first-order valence-electron chi connectivity index (χ1n) is 7.72. The van der Waals surface area contributed by atoms with Gasteiger partial charge in [-0.3, -0.25) is 14.3 Å². The molecule has 0 unspecified atom stereocenters. The molecule has 1 aromatic carbocycles. The Morgan fingerprint density at radius 3 is 2.46 bits per heavy atom. The molecule has 6 nitrogen and oxygen atoms in total. The lowest BCUT2D eigenvalue weighted by Gasteiger charge is -2.07. The van der Waals surface area contributed by atoms with E-state index in [0.29, 0.717) is 17.7 Å². The van der Waals surface area contributed by atoms with E-state index < -0.39 is 11.9 Å². The fourth-order valence-corrected chi connectivity index (χ4v) is 2.08. The maximum absolute atomic E-state index is 12.4. The van der Waals surface area contributed by atoms with Gasteiger partial charge in [0.15, 0.2) is 5.69 Å². The number of carbonyl (C=O) groups is 2. The average molecular weight is 366 g/mol. The van der Waals surface area contributed by atoms with Gasteiger partial charge in [0.25, 0.3) is 5.91 Å². The lowest BCUT2D eigenvalue weighted by Crippen LogP contribution is -2.25. The number of rotatable bonds is 7. The summed E-state index contributed by atoms with van der Waals surface area (Å²) in [5.74, 6) is -0.669. The van der Waals surface area contributed by atoms with Crippen LogP contribution in [0.15, 0.2) is 49.2 Å². The third-order valence-electron chi connectivity index (χ3n) is 3.38. The molecule has 0 bridgehead atoms. The van der Waals surface area contributed by atoms with Crippen LogP contribution in [0.5, 0.6) is 0 Å². The third kappa shape index (κ3) is 5.47. The van der Waals surface area contributed by atoms with Crippen LogP contribution in [0.1, 0.15) is 22.5 Å². The summed E-state index contributed by atoms with van der Waals surface area (Å²) in [6.07, 6.45) is -1.65. The van der Waals surface area contributed by atoms with Crippen molar-refractivity contribution in [3.05, 3.63) is 60.4 Å². The molecule has 1 aromatic heterocycles. The highest BCUT2D eigenvalue weighted by atomic mass is 19.4. The van der Waals surface area contributed by atoms with Crippen LogP contribution in [0, 0.1) is 0 Å². The molecule has 2 aromatic rings. The van der Waals surface area contributed by atoms with Crippen molar-refractivity contribution in [2.75, 3.05) is 11.9 Å². The van der Waals surface area contributed by atoms with Gasteiger partial charge in [0, 0.05) is 30.5 Å². The third-order valence-corrected chi connectivity index (χ3v) is 3.38. The summed E-state index contributed by atoms with van der Waals surface area (Å²) < 4.78 is 38.5. The molecule has 0 saturated carbocycles. The van der Waals surface area contributed by atoms with Crippen LogP contribution in [0.2, 0.25) is 0 Å². The monoisotopic (exact) mass is 366 g/mol. The first kappa shape index (κ1) is 19.2. The lowest BCUT2D eigenvalue weighted by atomic mass is 10.2. The summed E-state index contributed by atoms with van der Waals surface area (Å²) in [7, 11) is 0. The normalized spacial score (nSPS) is 11.0. The van der Waals surface area contributed by atoms with Crippen molar-refractivity contribution < 1.29 is 22.8 Å². The zero-order valence-electron chi connectivity index (χ0n) is 13.7. The van der Waals surface area contributed by atoms with E-state index in [1.165, 1.54) is 10.9 Å². The quantitative estimate of drug-likeness (QED) is 0.584. The summed E-state index contributed by atoms with van der Waals surface area (Å²) in [6.45, 7) is 3.88. The van der Waals surface area contributed by atoms with Crippen molar-refractivity contribution >= 4 is 17.5 Å². The van der Waals surface area contributed by atoms with Crippen molar-refractivity contribution in [1.82, 2.24) is 15.1 Å². The van der Waals surface area contributed by atoms with Crippen molar-refractivity contribution in [2.24, 2.45) is 0 Å². The minimum atomic E-state index is -4.46. The molecule has 0 saturated heterocycles. The maximum Gasteiger partial charge on any atom is 0.435 e. The Balaban J connectivity index is 1.77. The van der Waals surface area contributed by atoms with Crippen LogP contribution in [0.4, 0.5) is 18.9 Å². The zero-order chi connectivity index (χ0) is 19.2. The number of alkyl halides is 3. The van der Waals surface area contributed by atoms with Gasteiger partial charge in [-0.2, -0.15) is 18.3 Å². The van der Waals surface area contributed by atoms with Gasteiger partial charge in [-0.25, -0.2) is 0 Å². The minimum Gasteiger partial charge on any atom is -0.352 e. The van der Waals surface area contributed by atoms with Gasteiger partial charge in [-0.1, -0.05) is 6.58 Å². The highest BCUT2D eigenvalue weighted by Gasteiger charge is 2.33. The van der Waals surface area contributed by atoms with Crippen molar-refractivity contribution in [3.8, 4) is 0 Å². The van der Waals surface area contributed by atoms with E-state index >= 15 is 0 Å². The number of halogens is 3. The summed E-state index contributed by atoms with van der Waals surface area (Å²) in [5, 5.41) is 8.67.